The van der Waals surface area contributed by atoms with E-state index in [0.717, 1.165) is 11.8 Å². The molecule has 2 aromatic carbocycles. The lowest BCUT2D eigenvalue weighted by Crippen LogP contribution is -2.15. The molecule has 0 aliphatic carbocycles. The first-order valence-electron chi connectivity index (χ1n) is 8.04. The fourth-order valence-electron chi connectivity index (χ4n) is 2.33. The number of non-ortho nitro benzene ring substituents is 1. The van der Waals surface area contributed by atoms with E-state index in [1.54, 1.807) is 18.2 Å². The van der Waals surface area contributed by atoms with E-state index in [1.165, 1.54) is 32.4 Å². The van der Waals surface area contributed by atoms with Crippen LogP contribution in [0.15, 0.2) is 48.2 Å². The van der Waals surface area contributed by atoms with Gasteiger partial charge in [-0.3, -0.25) is 14.9 Å². The minimum atomic E-state index is -0.664. The van der Waals surface area contributed by atoms with Crippen molar-refractivity contribution in [1.29, 1.82) is 5.26 Å². The summed E-state index contributed by atoms with van der Waals surface area (Å²) < 4.78 is 10.3. The van der Waals surface area contributed by atoms with Gasteiger partial charge in [-0.15, -0.1) is 0 Å². The summed E-state index contributed by atoms with van der Waals surface area (Å²) in [6, 6.07) is 11.0. The van der Waals surface area contributed by atoms with Crippen molar-refractivity contribution in [2.45, 2.75) is 6.92 Å². The van der Waals surface area contributed by atoms with Gasteiger partial charge in [0, 0.05) is 18.3 Å². The minimum Gasteiger partial charge on any atom is -0.495 e. The summed E-state index contributed by atoms with van der Waals surface area (Å²) in [7, 11) is 2.87. The SMILES string of the molecule is COc1ccc([N+](=O)[O-])cc1N/C=C(/C#N)C(=O)Nc1cc(C)ccc1OC. The summed E-state index contributed by atoms with van der Waals surface area (Å²) in [6.07, 6.45) is 1.15. The lowest BCUT2D eigenvalue weighted by Gasteiger charge is -2.11. The zero-order chi connectivity index (χ0) is 20.7. The quantitative estimate of drug-likeness (QED) is 0.325. The molecule has 0 saturated heterocycles. The van der Waals surface area contributed by atoms with E-state index in [0.29, 0.717) is 17.2 Å². The van der Waals surface area contributed by atoms with Crippen LogP contribution in [0.4, 0.5) is 17.1 Å². The van der Waals surface area contributed by atoms with Crippen LogP contribution in [0.1, 0.15) is 5.56 Å². The van der Waals surface area contributed by atoms with Crippen molar-refractivity contribution in [3.05, 3.63) is 63.8 Å². The van der Waals surface area contributed by atoms with Gasteiger partial charge in [0.05, 0.1) is 30.5 Å². The van der Waals surface area contributed by atoms with Gasteiger partial charge in [-0.1, -0.05) is 6.07 Å². The lowest BCUT2D eigenvalue weighted by atomic mass is 10.2. The fourth-order valence-corrected chi connectivity index (χ4v) is 2.33. The maximum atomic E-state index is 12.4. The van der Waals surface area contributed by atoms with Crippen molar-refractivity contribution < 1.29 is 19.2 Å². The summed E-state index contributed by atoms with van der Waals surface area (Å²) in [5.74, 6) is 0.104. The van der Waals surface area contributed by atoms with E-state index < -0.39 is 10.8 Å². The number of nitriles is 1. The molecule has 0 heterocycles. The number of hydrogen-bond donors (Lipinski definition) is 2. The van der Waals surface area contributed by atoms with Crippen LogP contribution >= 0.6 is 0 Å². The number of rotatable bonds is 7. The number of hydrogen-bond acceptors (Lipinski definition) is 7. The number of benzene rings is 2. The smallest absolute Gasteiger partial charge is 0.271 e. The van der Waals surface area contributed by atoms with Gasteiger partial charge in [-0.2, -0.15) is 5.26 Å². The third-order valence-corrected chi connectivity index (χ3v) is 3.73. The third-order valence-electron chi connectivity index (χ3n) is 3.73. The third kappa shape index (κ3) is 4.76. The molecule has 9 nitrogen and oxygen atoms in total. The van der Waals surface area contributed by atoms with Crippen molar-refractivity contribution in [2.75, 3.05) is 24.9 Å². The average molecular weight is 382 g/mol. The second-order valence-electron chi connectivity index (χ2n) is 5.61. The molecule has 0 atom stereocenters. The molecular weight excluding hydrogens is 364 g/mol. The van der Waals surface area contributed by atoms with E-state index in [9.17, 15) is 20.2 Å². The molecule has 0 fully saturated rings. The largest absolute Gasteiger partial charge is 0.495 e. The first-order chi connectivity index (χ1) is 13.4. The molecule has 0 radical (unpaired) electrons. The Bertz CT molecular complexity index is 979. The second kappa shape index (κ2) is 9.05. The first kappa shape index (κ1) is 20.3. The molecule has 144 valence electrons. The number of carbonyl (C=O) groups is 1. The normalized spacial score (nSPS) is 10.6. The summed E-state index contributed by atoms with van der Waals surface area (Å²) >= 11 is 0. The molecule has 0 bridgehead atoms. The molecule has 2 aromatic rings. The zero-order valence-electron chi connectivity index (χ0n) is 15.5. The average Bonchev–Trinajstić information content (AvgIpc) is 2.68. The van der Waals surface area contributed by atoms with Crippen LogP contribution in [-0.4, -0.2) is 25.1 Å². The van der Waals surface area contributed by atoms with Crippen LogP contribution in [-0.2, 0) is 4.79 Å². The van der Waals surface area contributed by atoms with E-state index >= 15 is 0 Å². The molecule has 0 unspecified atom stereocenters. The summed E-state index contributed by atoms with van der Waals surface area (Å²) in [6.45, 7) is 1.85. The summed E-state index contributed by atoms with van der Waals surface area (Å²) in [5, 5.41) is 25.6. The Morgan fingerprint density at radius 3 is 2.39 bits per heavy atom. The standard InChI is InChI=1S/C19H18N4O5/c1-12-4-6-18(28-3)16(8-12)22-19(24)13(10-20)11-21-15-9-14(23(25)26)5-7-17(15)27-2/h4-9,11,21H,1-3H3,(H,22,24)/b13-11-. The van der Waals surface area contributed by atoms with Crippen molar-refractivity contribution in [1.82, 2.24) is 0 Å². The Balaban J connectivity index is 2.26. The highest BCUT2D eigenvalue weighted by Crippen LogP contribution is 2.29. The monoisotopic (exact) mass is 382 g/mol. The number of aryl methyl sites for hydroxylation is 1. The number of nitro groups is 1. The maximum Gasteiger partial charge on any atom is 0.271 e. The van der Waals surface area contributed by atoms with Gasteiger partial charge in [-0.05, 0) is 30.7 Å². The highest BCUT2D eigenvalue weighted by molar-refractivity contribution is 6.07. The van der Waals surface area contributed by atoms with Gasteiger partial charge in [0.25, 0.3) is 11.6 Å². The van der Waals surface area contributed by atoms with Gasteiger partial charge in [0.2, 0.25) is 0 Å². The number of amides is 1. The Morgan fingerprint density at radius 2 is 1.79 bits per heavy atom. The number of nitrogens with one attached hydrogen (secondary N) is 2. The molecule has 2 rings (SSSR count). The number of nitro benzene ring substituents is 1. The Hall–Kier alpha value is -4.06. The van der Waals surface area contributed by atoms with E-state index in [-0.39, 0.29) is 16.9 Å². The van der Waals surface area contributed by atoms with Crippen molar-refractivity contribution in [3.63, 3.8) is 0 Å². The number of carbonyl (C=O) groups excluding carboxylic acids is 1. The van der Waals surface area contributed by atoms with Crippen LogP contribution in [0.25, 0.3) is 0 Å². The molecule has 0 aliphatic heterocycles. The van der Waals surface area contributed by atoms with E-state index in [1.807, 2.05) is 13.0 Å². The summed E-state index contributed by atoms with van der Waals surface area (Å²) in [5.41, 5.74) is 1.16. The van der Waals surface area contributed by atoms with Crippen LogP contribution in [0, 0.1) is 28.4 Å². The van der Waals surface area contributed by atoms with Crippen molar-refractivity contribution >= 4 is 23.0 Å². The topological polar surface area (TPSA) is 127 Å². The predicted molar refractivity (Wildman–Crippen MR) is 103 cm³/mol. The van der Waals surface area contributed by atoms with Gasteiger partial charge in [0.1, 0.15) is 23.1 Å². The molecule has 9 heteroatoms. The van der Waals surface area contributed by atoms with Crippen LogP contribution in [0.5, 0.6) is 11.5 Å². The lowest BCUT2D eigenvalue weighted by molar-refractivity contribution is -0.384. The summed E-state index contributed by atoms with van der Waals surface area (Å²) in [4.78, 5) is 22.8. The molecule has 1 amide bonds. The molecule has 0 spiro atoms. The van der Waals surface area contributed by atoms with Gasteiger partial charge in [-0.25, -0.2) is 0 Å². The van der Waals surface area contributed by atoms with Crippen molar-refractivity contribution in [2.24, 2.45) is 0 Å². The van der Waals surface area contributed by atoms with Crippen LogP contribution < -0.4 is 20.1 Å². The Kier molecular flexibility index (Phi) is 6.54. The predicted octanol–water partition coefficient (Wildman–Crippen LogP) is 3.38. The van der Waals surface area contributed by atoms with Gasteiger partial charge >= 0.3 is 0 Å². The Labute approximate surface area is 161 Å². The molecule has 28 heavy (non-hydrogen) atoms. The van der Waals surface area contributed by atoms with Gasteiger partial charge in [0.15, 0.2) is 0 Å². The molecular formula is C19H18N4O5. The van der Waals surface area contributed by atoms with Crippen LogP contribution in [0.3, 0.4) is 0 Å². The molecule has 2 N–H and O–H groups in total. The zero-order valence-corrected chi connectivity index (χ0v) is 15.5. The van der Waals surface area contributed by atoms with Crippen LogP contribution in [0.2, 0.25) is 0 Å². The van der Waals surface area contributed by atoms with Gasteiger partial charge < -0.3 is 20.1 Å². The minimum absolute atomic E-state index is 0.163. The van der Waals surface area contributed by atoms with E-state index in [4.69, 9.17) is 9.47 Å². The maximum absolute atomic E-state index is 12.4. The first-order valence-corrected chi connectivity index (χ1v) is 8.04. The second-order valence-corrected chi connectivity index (χ2v) is 5.61. The van der Waals surface area contributed by atoms with E-state index in [2.05, 4.69) is 10.6 Å². The van der Waals surface area contributed by atoms with Crippen molar-refractivity contribution in [3.8, 4) is 17.6 Å². The fraction of sp³-hybridized carbons (Fsp3) is 0.158. The Morgan fingerprint density at radius 1 is 1.14 bits per heavy atom. The number of methoxy groups -OCH3 is 2. The molecule has 0 aliphatic rings. The molecule has 0 aromatic heterocycles. The highest BCUT2D eigenvalue weighted by Gasteiger charge is 2.14. The number of nitrogens with zero attached hydrogens (tertiary/aromatic N) is 2. The number of ether oxygens (including phenoxy) is 2. The number of anilines is 2. The highest BCUT2D eigenvalue weighted by atomic mass is 16.6. The molecule has 0 saturated carbocycles.